The molecular weight excluding hydrogens is 235 g/mol. The summed E-state index contributed by atoms with van der Waals surface area (Å²) >= 11 is 0. The van der Waals surface area contributed by atoms with Crippen LogP contribution in [0.2, 0.25) is 0 Å². The molecule has 1 heterocycles. The largest absolute Gasteiger partial charge is 0.478 e. The Labute approximate surface area is 93.5 Å². The lowest BCUT2D eigenvalue weighted by Crippen LogP contribution is -2.07. The molecule has 3 nitrogen and oxygen atoms in total. The normalized spacial score (nSPS) is 11.7. The van der Waals surface area contributed by atoms with E-state index in [4.69, 9.17) is 5.11 Å². The maximum atomic E-state index is 12.7. The summed E-state index contributed by atoms with van der Waals surface area (Å²) in [7, 11) is 0. The van der Waals surface area contributed by atoms with Gasteiger partial charge in [0.25, 0.3) is 0 Å². The van der Waals surface area contributed by atoms with E-state index >= 15 is 0 Å². The number of benzene rings is 1. The van der Waals surface area contributed by atoms with Crippen LogP contribution >= 0.6 is 0 Å². The highest BCUT2D eigenvalue weighted by atomic mass is 19.4. The van der Waals surface area contributed by atoms with Gasteiger partial charge in [-0.05, 0) is 18.2 Å². The van der Waals surface area contributed by atoms with Crippen molar-refractivity contribution in [1.82, 2.24) is 4.98 Å². The predicted octanol–water partition coefficient (Wildman–Crippen LogP) is 2.95. The molecule has 0 saturated carbocycles. The number of alkyl halides is 3. The molecule has 0 aliphatic heterocycles. The van der Waals surface area contributed by atoms with Crippen LogP contribution in [0.25, 0.3) is 10.9 Å². The van der Waals surface area contributed by atoms with E-state index < -0.39 is 17.7 Å². The van der Waals surface area contributed by atoms with Crippen molar-refractivity contribution in [1.29, 1.82) is 0 Å². The van der Waals surface area contributed by atoms with E-state index in [1.165, 1.54) is 12.1 Å². The number of halogens is 3. The van der Waals surface area contributed by atoms with Crippen LogP contribution in [0, 0.1) is 0 Å². The van der Waals surface area contributed by atoms with Gasteiger partial charge in [0, 0.05) is 11.6 Å². The van der Waals surface area contributed by atoms with Gasteiger partial charge in [-0.3, -0.25) is 4.98 Å². The molecule has 17 heavy (non-hydrogen) atoms. The van der Waals surface area contributed by atoms with Crippen molar-refractivity contribution < 1.29 is 23.1 Å². The van der Waals surface area contributed by atoms with Crippen molar-refractivity contribution in [3.63, 3.8) is 0 Å². The van der Waals surface area contributed by atoms with Crippen LogP contribution < -0.4 is 0 Å². The minimum absolute atomic E-state index is 0.116. The molecule has 0 aliphatic carbocycles. The zero-order valence-corrected chi connectivity index (χ0v) is 8.32. The Morgan fingerprint density at radius 2 is 2.00 bits per heavy atom. The van der Waals surface area contributed by atoms with Gasteiger partial charge in [0.05, 0.1) is 16.6 Å². The van der Waals surface area contributed by atoms with Gasteiger partial charge in [-0.25, -0.2) is 4.79 Å². The van der Waals surface area contributed by atoms with Crippen molar-refractivity contribution in [2.24, 2.45) is 0 Å². The number of rotatable bonds is 1. The monoisotopic (exact) mass is 241 g/mol. The van der Waals surface area contributed by atoms with Gasteiger partial charge in [0.1, 0.15) is 0 Å². The molecule has 2 rings (SSSR count). The first kappa shape index (κ1) is 11.4. The summed E-state index contributed by atoms with van der Waals surface area (Å²) < 4.78 is 38.0. The third kappa shape index (κ3) is 2.06. The molecule has 88 valence electrons. The van der Waals surface area contributed by atoms with Crippen molar-refractivity contribution in [2.45, 2.75) is 6.18 Å². The minimum Gasteiger partial charge on any atom is -0.478 e. The number of carbonyl (C=O) groups is 1. The molecule has 0 fully saturated rings. The number of fused-ring (bicyclic) bond motifs is 1. The summed E-state index contributed by atoms with van der Waals surface area (Å²) in [5.41, 5.74) is -1.04. The molecule has 1 N–H and O–H groups in total. The maximum Gasteiger partial charge on any atom is 0.417 e. The zero-order valence-electron chi connectivity index (χ0n) is 8.32. The molecule has 0 bridgehead atoms. The first-order valence-electron chi connectivity index (χ1n) is 4.59. The highest BCUT2D eigenvalue weighted by Gasteiger charge is 2.32. The second-order valence-corrected chi connectivity index (χ2v) is 3.40. The molecule has 0 spiro atoms. The highest BCUT2D eigenvalue weighted by molar-refractivity contribution is 5.93. The lowest BCUT2D eigenvalue weighted by Gasteiger charge is -2.09. The maximum absolute atomic E-state index is 12.7. The van der Waals surface area contributed by atoms with Crippen LogP contribution in [0.3, 0.4) is 0 Å². The van der Waals surface area contributed by atoms with Crippen LogP contribution in [0.1, 0.15) is 15.9 Å². The van der Waals surface area contributed by atoms with Crippen LogP contribution in [0.5, 0.6) is 0 Å². The SMILES string of the molecule is O=C(O)c1cnc2cccc(C(F)(F)F)c2c1. The number of pyridine rings is 1. The summed E-state index contributed by atoms with van der Waals surface area (Å²) in [4.78, 5) is 14.4. The fourth-order valence-corrected chi connectivity index (χ4v) is 1.51. The van der Waals surface area contributed by atoms with Crippen molar-refractivity contribution >= 4 is 16.9 Å². The molecule has 0 unspecified atom stereocenters. The molecule has 0 radical (unpaired) electrons. The van der Waals surface area contributed by atoms with E-state index in [1.807, 2.05) is 0 Å². The Bertz CT molecular complexity index is 593. The topological polar surface area (TPSA) is 50.2 Å². The second kappa shape index (κ2) is 3.73. The van der Waals surface area contributed by atoms with Gasteiger partial charge in [-0.1, -0.05) is 6.07 Å². The number of aromatic nitrogens is 1. The van der Waals surface area contributed by atoms with Crippen molar-refractivity contribution in [3.8, 4) is 0 Å². The standard InChI is InChI=1S/C11H6F3NO2/c12-11(13,14)8-2-1-3-9-7(8)4-6(5-15-9)10(16)17/h1-5H,(H,16,17). The van der Waals surface area contributed by atoms with E-state index in [0.29, 0.717) is 0 Å². The van der Waals surface area contributed by atoms with Gasteiger partial charge >= 0.3 is 12.1 Å². The molecule has 0 saturated heterocycles. The minimum atomic E-state index is -4.53. The Morgan fingerprint density at radius 3 is 2.59 bits per heavy atom. The fourth-order valence-electron chi connectivity index (χ4n) is 1.51. The summed E-state index contributed by atoms with van der Waals surface area (Å²) in [6, 6.07) is 4.51. The van der Waals surface area contributed by atoms with Gasteiger partial charge in [0.2, 0.25) is 0 Å². The molecular formula is C11H6F3NO2. The molecule has 1 aromatic carbocycles. The lowest BCUT2D eigenvalue weighted by molar-refractivity contribution is -0.136. The predicted molar refractivity (Wildman–Crippen MR) is 53.7 cm³/mol. The first-order chi connectivity index (χ1) is 7.89. The van der Waals surface area contributed by atoms with Crippen LogP contribution in [-0.2, 0) is 6.18 Å². The first-order valence-corrected chi connectivity index (χ1v) is 4.59. The van der Waals surface area contributed by atoms with Gasteiger partial charge in [-0.15, -0.1) is 0 Å². The van der Waals surface area contributed by atoms with E-state index in [2.05, 4.69) is 4.98 Å². The van der Waals surface area contributed by atoms with Gasteiger partial charge in [0.15, 0.2) is 0 Å². The number of hydrogen-bond donors (Lipinski definition) is 1. The number of hydrogen-bond acceptors (Lipinski definition) is 2. The molecule has 0 aliphatic rings. The molecule has 6 heteroatoms. The number of nitrogens with zero attached hydrogens (tertiary/aromatic N) is 1. The third-order valence-corrected chi connectivity index (χ3v) is 2.28. The van der Waals surface area contributed by atoms with Gasteiger partial charge < -0.3 is 5.11 Å². The average molecular weight is 241 g/mol. The van der Waals surface area contributed by atoms with Crippen LogP contribution in [0.15, 0.2) is 30.5 Å². The number of carboxylic acid groups (broad SMARTS) is 1. The van der Waals surface area contributed by atoms with E-state index in [1.54, 1.807) is 0 Å². The van der Waals surface area contributed by atoms with Crippen LogP contribution in [-0.4, -0.2) is 16.1 Å². The van der Waals surface area contributed by atoms with Crippen molar-refractivity contribution in [3.05, 3.63) is 41.6 Å². The van der Waals surface area contributed by atoms with Crippen LogP contribution in [0.4, 0.5) is 13.2 Å². The highest BCUT2D eigenvalue weighted by Crippen LogP contribution is 2.34. The zero-order chi connectivity index (χ0) is 12.6. The lowest BCUT2D eigenvalue weighted by atomic mass is 10.1. The molecule has 0 atom stereocenters. The summed E-state index contributed by atoms with van der Waals surface area (Å²) in [5, 5.41) is 8.51. The van der Waals surface area contributed by atoms with E-state index in [9.17, 15) is 18.0 Å². The Hall–Kier alpha value is -2.11. The Balaban J connectivity index is 2.77. The Morgan fingerprint density at radius 1 is 1.29 bits per heavy atom. The molecule has 0 amide bonds. The number of aromatic carboxylic acids is 1. The van der Waals surface area contributed by atoms with E-state index in [-0.39, 0.29) is 16.5 Å². The van der Waals surface area contributed by atoms with Crippen molar-refractivity contribution in [2.75, 3.05) is 0 Å². The quantitative estimate of drug-likeness (QED) is 0.835. The fraction of sp³-hybridized carbons (Fsp3) is 0.0909. The molecule has 2 aromatic rings. The summed E-state index contributed by atoms with van der Waals surface area (Å²) in [6.45, 7) is 0. The number of carboxylic acids is 1. The summed E-state index contributed by atoms with van der Waals surface area (Å²) in [6.07, 6.45) is -3.50. The Kier molecular flexibility index (Phi) is 2.49. The second-order valence-electron chi connectivity index (χ2n) is 3.40. The van der Waals surface area contributed by atoms with Gasteiger partial charge in [-0.2, -0.15) is 13.2 Å². The smallest absolute Gasteiger partial charge is 0.417 e. The average Bonchev–Trinajstić information content (AvgIpc) is 2.26. The third-order valence-electron chi connectivity index (χ3n) is 2.28. The van der Waals surface area contributed by atoms with E-state index in [0.717, 1.165) is 18.3 Å². The summed E-state index contributed by atoms with van der Waals surface area (Å²) in [5.74, 6) is -1.31. The molecule has 1 aromatic heterocycles.